The van der Waals surface area contributed by atoms with E-state index in [1.54, 1.807) is 0 Å². The number of amides is 1. The zero-order chi connectivity index (χ0) is 12.1. The highest BCUT2D eigenvalue weighted by molar-refractivity contribution is 5.79. The molecular weight excluding hydrogens is 216 g/mol. The fourth-order valence-electron chi connectivity index (χ4n) is 2.80. The zero-order valence-corrected chi connectivity index (χ0v) is 10.8. The number of carbonyl (C=O) groups excluding carboxylic acids is 1. The maximum atomic E-state index is 12.3. The van der Waals surface area contributed by atoms with Crippen molar-refractivity contribution in [1.82, 2.24) is 10.2 Å². The van der Waals surface area contributed by atoms with E-state index in [4.69, 9.17) is 4.74 Å². The van der Waals surface area contributed by atoms with Crippen molar-refractivity contribution in [3.63, 3.8) is 0 Å². The Morgan fingerprint density at radius 1 is 1.35 bits per heavy atom. The molecule has 0 aromatic carbocycles. The van der Waals surface area contributed by atoms with Gasteiger partial charge in [-0.2, -0.15) is 0 Å². The van der Waals surface area contributed by atoms with Gasteiger partial charge in [0, 0.05) is 26.2 Å². The molecule has 2 aliphatic heterocycles. The molecule has 2 aliphatic rings. The smallest absolute Gasteiger partial charge is 0.226 e. The second kappa shape index (κ2) is 6.36. The van der Waals surface area contributed by atoms with Gasteiger partial charge in [0.15, 0.2) is 0 Å². The predicted octanol–water partition coefficient (Wildman–Crippen LogP) is 1.01. The van der Waals surface area contributed by atoms with Crippen molar-refractivity contribution in [2.75, 3.05) is 32.8 Å². The third kappa shape index (κ3) is 3.42. The third-order valence-electron chi connectivity index (χ3n) is 3.80. The Labute approximate surface area is 104 Å². The third-order valence-corrected chi connectivity index (χ3v) is 3.80. The monoisotopic (exact) mass is 240 g/mol. The summed E-state index contributed by atoms with van der Waals surface area (Å²) in [6.45, 7) is 6.50. The molecule has 2 heterocycles. The molecule has 4 heteroatoms. The molecule has 17 heavy (non-hydrogen) atoms. The molecule has 2 saturated heterocycles. The Hall–Kier alpha value is -0.610. The Kier molecular flexibility index (Phi) is 4.80. The molecule has 1 N–H and O–H groups in total. The first-order chi connectivity index (χ1) is 8.31. The number of piperidine rings is 2. The number of rotatable bonds is 3. The molecule has 2 rings (SSSR count). The average molecular weight is 240 g/mol. The molecular formula is C13H24N2O2. The van der Waals surface area contributed by atoms with Crippen LogP contribution in [0.5, 0.6) is 0 Å². The first-order valence-corrected chi connectivity index (χ1v) is 6.92. The number of hydrogen-bond acceptors (Lipinski definition) is 3. The molecule has 1 amide bonds. The number of hydrogen-bond donors (Lipinski definition) is 1. The minimum atomic E-state index is 0.215. The molecule has 0 radical (unpaired) electrons. The molecule has 4 nitrogen and oxygen atoms in total. The van der Waals surface area contributed by atoms with Gasteiger partial charge in [0.1, 0.15) is 0 Å². The topological polar surface area (TPSA) is 41.6 Å². The summed E-state index contributed by atoms with van der Waals surface area (Å²) in [5.74, 6) is 0.569. The molecule has 0 aromatic rings. The molecule has 0 aliphatic carbocycles. The van der Waals surface area contributed by atoms with Gasteiger partial charge < -0.3 is 15.0 Å². The van der Waals surface area contributed by atoms with Crippen LogP contribution < -0.4 is 5.32 Å². The van der Waals surface area contributed by atoms with Crippen molar-refractivity contribution >= 4 is 5.91 Å². The van der Waals surface area contributed by atoms with Crippen molar-refractivity contribution in [2.24, 2.45) is 5.92 Å². The van der Waals surface area contributed by atoms with Crippen molar-refractivity contribution in [3.8, 4) is 0 Å². The summed E-state index contributed by atoms with van der Waals surface area (Å²) in [5, 5.41) is 3.31. The van der Waals surface area contributed by atoms with Crippen molar-refractivity contribution in [1.29, 1.82) is 0 Å². The van der Waals surface area contributed by atoms with Crippen LogP contribution in [-0.4, -0.2) is 49.7 Å². The molecule has 1 unspecified atom stereocenters. The van der Waals surface area contributed by atoms with E-state index in [2.05, 4.69) is 5.32 Å². The van der Waals surface area contributed by atoms with Crippen molar-refractivity contribution in [2.45, 2.75) is 38.7 Å². The summed E-state index contributed by atoms with van der Waals surface area (Å²) < 4.78 is 5.61. The molecule has 0 spiro atoms. The Morgan fingerprint density at radius 3 is 2.71 bits per heavy atom. The fourth-order valence-corrected chi connectivity index (χ4v) is 2.80. The van der Waals surface area contributed by atoms with Gasteiger partial charge in [-0.15, -0.1) is 0 Å². The second-order valence-corrected chi connectivity index (χ2v) is 5.02. The Balaban J connectivity index is 1.77. The Bertz CT molecular complexity index is 244. The first kappa shape index (κ1) is 12.8. The van der Waals surface area contributed by atoms with Crippen LogP contribution in [-0.2, 0) is 9.53 Å². The summed E-state index contributed by atoms with van der Waals surface area (Å²) in [5.41, 5.74) is 0. The minimum Gasteiger partial charge on any atom is -0.378 e. The van der Waals surface area contributed by atoms with Gasteiger partial charge >= 0.3 is 0 Å². The van der Waals surface area contributed by atoms with Crippen LogP contribution in [0.4, 0.5) is 0 Å². The van der Waals surface area contributed by atoms with Gasteiger partial charge in [0.2, 0.25) is 5.91 Å². The summed E-state index contributed by atoms with van der Waals surface area (Å²) in [6, 6.07) is 0. The minimum absolute atomic E-state index is 0.215. The Morgan fingerprint density at radius 2 is 2.12 bits per heavy atom. The van der Waals surface area contributed by atoms with E-state index in [-0.39, 0.29) is 5.92 Å². The van der Waals surface area contributed by atoms with Crippen LogP contribution in [0.15, 0.2) is 0 Å². The maximum Gasteiger partial charge on any atom is 0.226 e. The fraction of sp³-hybridized carbons (Fsp3) is 0.923. The summed E-state index contributed by atoms with van der Waals surface area (Å²) in [6.07, 6.45) is 4.55. The number of ether oxygens (including phenoxy) is 1. The largest absolute Gasteiger partial charge is 0.378 e. The van der Waals surface area contributed by atoms with Gasteiger partial charge in [-0.1, -0.05) is 0 Å². The van der Waals surface area contributed by atoms with E-state index in [9.17, 15) is 4.79 Å². The van der Waals surface area contributed by atoms with Crippen molar-refractivity contribution in [3.05, 3.63) is 0 Å². The number of carbonyl (C=O) groups is 1. The van der Waals surface area contributed by atoms with Gasteiger partial charge in [-0.3, -0.25) is 4.79 Å². The average Bonchev–Trinajstić information content (AvgIpc) is 2.40. The second-order valence-electron chi connectivity index (χ2n) is 5.02. The van der Waals surface area contributed by atoms with Crippen molar-refractivity contribution < 1.29 is 9.53 Å². The highest BCUT2D eigenvalue weighted by Crippen LogP contribution is 2.19. The predicted molar refractivity (Wildman–Crippen MR) is 66.8 cm³/mol. The molecule has 1 atom stereocenters. The van der Waals surface area contributed by atoms with Gasteiger partial charge in [0.05, 0.1) is 12.0 Å². The van der Waals surface area contributed by atoms with E-state index in [1.807, 2.05) is 11.8 Å². The van der Waals surface area contributed by atoms with Crippen LogP contribution in [0.25, 0.3) is 0 Å². The molecule has 2 fully saturated rings. The lowest BCUT2D eigenvalue weighted by Crippen LogP contribution is -2.47. The van der Waals surface area contributed by atoms with Gasteiger partial charge in [0.25, 0.3) is 0 Å². The quantitative estimate of drug-likeness (QED) is 0.800. The number of nitrogens with zero attached hydrogens (tertiary/aromatic N) is 1. The van der Waals surface area contributed by atoms with Crippen LogP contribution in [0.2, 0.25) is 0 Å². The van der Waals surface area contributed by atoms with E-state index in [1.165, 1.54) is 0 Å². The van der Waals surface area contributed by atoms with Crippen LogP contribution in [0, 0.1) is 5.92 Å². The van der Waals surface area contributed by atoms with E-state index >= 15 is 0 Å². The lowest BCUT2D eigenvalue weighted by Gasteiger charge is -2.35. The summed E-state index contributed by atoms with van der Waals surface area (Å²) in [7, 11) is 0. The van der Waals surface area contributed by atoms with E-state index in [0.717, 1.165) is 58.5 Å². The zero-order valence-electron chi connectivity index (χ0n) is 10.8. The number of likely N-dealkylation sites (tertiary alicyclic amines) is 1. The SMILES string of the molecule is CCOC1CCN(C(=O)C2CCCNC2)CC1. The van der Waals surface area contributed by atoms with Crippen LogP contribution in [0.3, 0.4) is 0 Å². The first-order valence-electron chi connectivity index (χ1n) is 6.92. The van der Waals surface area contributed by atoms with E-state index < -0.39 is 0 Å². The normalized spacial score (nSPS) is 27.1. The molecule has 0 aromatic heterocycles. The van der Waals surface area contributed by atoms with Gasteiger partial charge in [-0.05, 0) is 39.2 Å². The van der Waals surface area contributed by atoms with E-state index in [0.29, 0.717) is 12.0 Å². The highest BCUT2D eigenvalue weighted by Gasteiger charge is 2.29. The maximum absolute atomic E-state index is 12.3. The number of nitrogens with one attached hydrogen (secondary N) is 1. The molecule has 0 bridgehead atoms. The summed E-state index contributed by atoms with van der Waals surface area (Å²) in [4.78, 5) is 14.3. The van der Waals surface area contributed by atoms with Gasteiger partial charge in [-0.25, -0.2) is 0 Å². The van der Waals surface area contributed by atoms with Crippen LogP contribution in [0.1, 0.15) is 32.6 Å². The lowest BCUT2D eigenvalue weighted by molar-refractivity contribution is -0.138. The van der Waals surface area contributed by atoms with Crippen LogP contribution >= 0.6 is 0 Å². The standard InChI is InChI=1S/C13H24N2O2/c1-2-17-12-5-8-15(9-6-12)13(16)11-4-3-7-14-10-11/h11-12,14H,2-10H2,1H3. The summed E-state index contributed by atoms with van der Waals surface area (Å²) >= 11 is 0. The molecule has 98 valence electrons. The molecule has 0 saturated carbocycles. The highest BCUT2D eigenvalue weighted by atomic mass is 16.5. The lowest BCUT2D eigenvalue weighted by atomic mass is 9.96.